The smallest absolute Gasteiger partial charge is 0.289 e. The van der Waals surface area contributed by atoms with Crippen LogP contribution in [-0.2, 0) is 11.4 Å². The first-order valence-electron chi connectivity index (χ1n) is 9.14. The van der Waals surface area contributed by atoms with Crippen molar-refractivity contribution in [1.82, 2.24) is 4.90 Å². The summed E-state index contributed by atoms with van der Waals surface area (Å²) in [5.41, 5.74) is 2.54. The van der Waals surface area contributed by atoms with Gasteiger partial charge in [0.2, 0.25) is 0 Å². The van der Waals surface area contributed by atoms with Crippen LogP contribution in [0.25, 0.3) is 0 Å². The largest absolute Gasteiger partial charge is 0.459 e. The summed E-state index contributed by atoms with van der Waals surface area (Å²) in [5, 5.41) is 4.83. The average Bonchev–Trinajstić information content (AvgIpc) is 3.41. The van der Waals surface area contributed by atoms with Gasteiger partial charge in [0.1, 0.15) is 5.82 Å². The third kappa shape index (κ3) is 4.66. The van der Waals surface area contributed by atoms with E-state index in [0.29, 0.717) is 24.5 Å². The van der Waals surface area contributed by atoms with Crippen LogP contribution in [-0.4, -0.2) is 29.2 Å². The topological polar surface area (TPSA) is 55.0 Å². The van der Waals surface area contributed by atoms with Crippen LogP contribution in [0.4, 0.5) is 4.39 Å². The second kappa shape index (κ2) is 8.49. The van der Waals surface area contributed by atoms with Gasteiger partial charge in [-0.25, -0.2) is 4.39 Å². The molecule has 2 aromatic carbocycles. The van der Waals surface area contributed by atoms with E-state index in [2.05, 4.69) is 5.16 Å². The Morgan fingerprint density at radius 1 is 1.14 bits per heavy atom. The van der Waals surface area contributed by atoms with Crippen molar-refractivity contribution in [3.05, 3.63) is 94.7 Å². The average molecular weight is 413 g/mol. The van der Waals surface area contributed by atoms with Gasteiger partial charge in [0.05, 0.1) is 18.5 Å². The van der Waals surface area contributed by atoms with E-state index in [0.717, 1.165) is 16.8 Å². The fraction of sp³-hybridized carbons (Fsp3) is 0.182. The van der Waals surface area contributed by atoms with E-state index in [-0.39, 0.29) is 23.6 Å². The van der Waals surface area contributed by atoms with E-state index in [1.165, 1.54) is 18.4 Å². The summed E-state index contributed by atoms with van der Waals surface area (Å²) in [5.74, 6) is -0.343. The zero-order valence-electron chi connectivity index (χ0n) is 15.4. The molecular weight excluding hydrogens is 395 g/mol. The van der Waals surface area contributed by atoms with Crippen molar-refractivity contribution in [3.8, 4) is 0 Å². The molecule has 0 fully saturated rings. The number of rotatable bonds is 6. The lowest BCUT2D eigenvalue weighted by Crippen LogP contribution is -2.37. The number of benzene rings is 2. The maximum atomic E-state index is 13.2. The Balaban J connectivity index is 1.47. The lowest BCUT2D eigenvalue weighted by Gasteiger charge is -2.24. The molecule has 1 amide bonds. The van der Waals surface area contributed by atoms with E-state index in [1.807, 2.05) is 12.1 Å². The van der Waals surface area contributed by atoms with Gasteiger partial charge in [-0.3, -0.25) is 4.79 Å². The third-order valence-electron chi connectivity index (χ3n) is 4.64. The number of furan rings is 1. The number of carbonyl (C=O) groups is 1. The summed E-state index contributed by atoms with van der Waals surface area (Å²) >= 11 is 5.94. The molecule has 1 aromatic heterocycles. The minimum Gasteiger partial charge on any atom is -0.459 e. The zero-order valence-corrected chi connectivity index (χ0v) is 16.2. The molecule has 1 aliphatic rings. The second-order valence-corrected chi connectivity index (χ2v) is 7.20. The quantitative estimate of drug-likeness (QED) is 0.578. The zero-order chi connectivity index (χ0) is 20.2. The van der Waals surface area contributed by atoms with Crippen LogP contribution in [0, 0.1) is 5.82 Å². The highest BCUT2D eigenvalue weighted by Gasteiger charge is 2.28. The normalized spacial score (nSPS) is 15.7. The van der Waals surface area contributed by atoms with Crippen molar-refractivity contribution in [1.29, 1.82) is 0 Å². The molecule has 148 valence electrons. The van der Waals surface area contributed by atoms with Crippen LogP contribution in [0.3, 0.4) is 0 Å². The Bertz CT molecular complexity index is 1000. The van der Waals surface area contributed by atoms with Gasteiger partial charge in [0.15, 0.2) is 11.9 Å². The molecule has 0 bridgehead atoms. The standard InChI is InChI=1S/C22H18ClFN2O3/c23-17-7-5-16(6-8-17)20-12-19(29-25-20)14-26(22(27)21-2-1-11-28-21)13-15-3-9-18(24)10-4-15/h1-11,19H,12-14H2/t19-/m0/s1. The number of nitrogens with zero attached hydrogens (tertiary/aromatic N) is 2. The molecule has 3 aromatic rings. The summed E-state index contributed by atoms with van der Waals surface area (Å²) in [7, 11) is 0. The molecule has 4 rings (SSSR count). The first-order chi connectivity index (χ1) is 14.1. The molecule has 0 aliphatic carbocycles. The molecule has 29 heavy (non-hydrogen) atoms. The van der Waals surface area contributed by atoms with Crippen LogP contribution >= 0.6 is 11.6 Å². The molecular formula is C22H18ClFN2O3. The molecule has 2 heterocycles. The van der Waals surface area contributed by atoms with Crippen molar-refractivity contribution in [2.24, 2.45) is 5.16 Å². The van der Waals surface area contributed by atoms with Crippen molar-refractivity contribution >= 4 is 23.2 Å². The Morgan fingerprint density at radius 2 is 1.90 bits per heavy atom. The fourth-order valence-corrected chi connectivity index (χ4v) is 3.30. The predicted octanol–water partition coefficient (Wildman–Crippen LogP) is 4.91. The van der Waals surface area contributed by atoms with Gasteiger partial charge in [-0.15, -0.1) is 0 Å². The maximum Gasteiger partial charge on any atom is 0.289 e. The summed E-state index contributed by atoms with van der Waals surface area (Å²) in [6.45, 7) is 0.619. The van der Waals surface area contributed by atoms with Crippen molar-refractivity contribution in [2.45, 2.75) is 19.1 Å². The van der Waals surface area contributed by atoms with E-state index in [9.17, 15) is 9.18 Å². The van der Waals surface area contributed by atoms with Gasteiger partial charge in [-0.2, -0.15) is 0 Å². The Kier molecular flexibility index (Phi) is 5.62. The first kappa shape index (κ1) is 19.2. The molecule has 1 atom stereocenters. The highest BCUT2D eigenvalue weighted by atomic mass is 35.5. The van der Waals surface area contributed by atoms with Crippen molar-refractivity contribution < 1.29 is 18.4 Å². The molecule has 0 N–H and O–H groups in total. The number of halogens is 2. The number of oxime groups is 1. The number of hydrogen-bond acceptors (Lipinski definition) is 4. The Hall–Kier alpha value is -3.12. The van der Waals surface area contributed by atoms with Crippen molar-refractivity contribution in [3.63, 3.8) is 0 Å². The van der Waals surface area contributed by atoms with Gasteiger partial charge in [0, 0.05) is 18.0 Å². The first-order valence-corrected chi connectivity index (χ1v) is 9.52. The van der Waals surface area contributed by atoms with Gasteiger partial charge in [0.25, 0.3) is 5.91 Å². The van der Waals surface area contributed by atoms with E-state index < -0.39 is 0 Å². The molecule has 7 heteroatoms. The van der Waals surface area contributed by atoms with Gasteiger partial charge in [-0.05, 0) is 47.5 Å². The van der Waals surface area contributed by atoms with E-state index in [4.69, 9.17) is 20.9 Å². The SMILES string of the molecule is O=C(c1ccco1)N(Cc1ccc(F)cc1)C[C@@H]1CC(c2ccc(Cl)cc2)=NO1. The van der Waals surface area contributed by atoms with Gasteiger partial charge >= 0.3 is 0 Å². The van der Waals surface area contributed by atoms with Gasteiger partial charge < -0.3 is 14.2 Å². The van der Waals surface area contributed by atoms with Crippen LogP contribution in [0.1, 0.15) is 28.1 Å². The molecule has 0 spiro atoms. The van der Waals surface area contributed by atoms with E-state index >= 15 is 0 Å². The van der Waals surface area contributed by atoms with Crippen molar-refractivity contribution in [2.75, 3.05) is 6.54 Å². The minimum atomic E-state index is -0.321. The summed E-state index contributed by atoms with van der Waals surface area (Å²) in [4.78, 5) is 20.1. The monoisotopic (exact) mass is 412 g/mol. The molecule has 1 aliphatic heterocycles. The third-order valence-corrected chi connectivity index (χ3v) is 4.89. The minimum absolute atomic E-state index is 0.240. The summed E-state index contributed by atoms with van der Waals surface area (Å²) in [6.07, 6.45) is 1.73. The van der Waals surface area contributed by atoms with Crippen LogP contribution in [0.2, 0.25) is 5.02 Å². The molecule has 0 radical (unpaired) electrons. The summed E-state index contributed by atoms with van der Waals surface area (Å²) < 4.78 is 18.5. The fourth-order valence-electron chi connectivity index (χ4n) is 3.17. The molecule has 0 unspecified atom stereocenters. The molecule has 0 saturated heterocycles. The highest BCUT2D eigenvalue weighted by molar-refractivity contribution is 6.30. The lowest BCUT2D eigenvalue weighted by atomic mass is 10.0. The lowest BCUT2D eigenvalue weighted by molar-refractivity contribution is 0.0387. The van der Waals surface area contributed by atoms with Crippen LogP contribution < -0.4 is 0 Å². The molecule has 0 saturated carbocycles. The predicted molar refractivity (Wildman–Crippen MR) is 107 cm³/mol. The highest BCUT2D eigenvalue weighted by Crippen LogP contribution is 2.21. The Labute approximate surface area is 172 Å². The second-order valence-electron chi connectivity index (χ2n) is 6.77. The number of hydrogen-bond donors (Lipinski definition) is 0. The molecule has 5 nitrogen and oxygen atoms in total. The summed E-state index contributed by atoms with van der Waals surface area (Å²) in [6, 6.07) is 16.7. The number of carbonyl (C=O) groups excluding carboxylic acids is 1. The Morgan fingerprint density at radius 3 is 2.59 bits per heavy atom. The van der Waals surface area contributed by atoms with Crippen LogP contribution in [0.5, 0.6) is 0 Å². The van der Waals surface area contributed by atoms with Crippen LogP contribution in [0.15, 0.2) is 76.5 Å². The van der Waals surface area contributed by atoms with E-state index in [1.54, 1.807) is 41.3 Å². The maximum absolute atomic E-state index is 13.2. The number of amides is 1. The van der Waals surface area contributed by atoms with Gasteiger partial charge in [-0.1, -0.05) is 41.0 Å².